The van der Waals surface area contributed by atoms with Crippen molar-refractivity contribution in [1.29, 1.82) is 0 Å². The Morgan fingerprint density at radius 1 is 1.22 bits per heavy atom. The fourth-order valence-electron chi connectivity index (χ4n) is 1.98. The average Bonchev–Trinajstić information content (AvgIpc) is 2.47. The maximum Gasteiger partial charge on any atom is 0.324 e. The van der Waals surface area contributed by atoms with E-state index in [0.717, 1.165) is 19.4 Å². The van der Waals surface area contributed by atoms with E-state index in [1.165, 1.54) is 0 Å². The molecule has 1 aromatic rings. The summed E-state index contributed by atoms with van der Waals surface area (Å²) in [4.78, 5) is 23.3. The molecule has 1 aromatic carbocycles. The molecular formula is C16H22O6S. The van der Waals surface area contributed by atoms with E-state index in [-0.39, 0.29) is 13.0 Å². The molecule has 6 nitrogen and oxygen atoms in total. The molecule has 0 aliphatic rings. The maximum absolute atomic E-state index is 12.4. The van der Waals surface area contributed by atoms with Gasteiger partial charge in [0, 0.05) is 0 Å². The van der Waals surface area contributed by atoms with Gasteiger partial charge in [-0.1, -0.05) is 30.3 Å². The molecule has 0 amide bonds. The van der Waals surface area contributed by atoms with Gasteiger partial charge in [0.2, 0.25) is 0 Å². The molecule has 0 spiro atoms. The lowest BCUT2D eigenvalue weighted by molar-refractivity contribution is -0.147. The van der Waals surface area contributed by atoms with Crippen LogP contribution in [0.1, 0.15) is 26.3 Å². The number of hydrogen-bond donors (Lipinski definition) is 1. The van der Waals surface area contributed by atoms with Crippen molar-refractivity contribution in [3.63, 3.8) is 0 Å². The van der Waals surface area contributed by atoms with Crippen molar-refractivity contribution in [1.82, 2.24) is 0 Å². The fraction of sp³-hybridized carbons (Fsp3) is 0.500. The van der Waals surface area contributed by atoms with Gasteiger partial charge in [0.1, 0.15) is 0 Å². The van der Waals surface area contributed by atoms with Gasteiger partial charge in [-0.3, -0.25) is 9.59 Å². The molecule has 0 fully saturated rings. The Bertz CT molecular complexity index is 648. The zero-order valence-corrected chi connectivity index (χ0v) is 14.3. The number of esters is 1. The third kappa shape index (κ3) is 4.79. The summed E-state index contributed by atoms with van der Waals surface area (Å²) >= 11 is 0. The van der Waals surface area contributed by atoms with E-state index in [1.807, 2.05) is 6.07 Å². The van der Waals surface area contributed by atoms with Crippen LogP contribution in [-0.4, -0.2) is 42.6 Å². The summed E-state index contributed by atoms with van der Waals surface area (Å²) in [6.45, 7) is 4.00. The number of carboxylic acids is 1. The highest BCUT2D eigenvalue weighted by Gasteiger charge is 2.44. The van der Waals surface area contributed by atoms with Crippen LogP contribution in [0.3, 0.4) is 0 Å². The Kier molecular flexibility index (Phi) is 6.32. The van der Waals surface area contributed by atoms with Crippen LogP contribution >= 0.6 is 0 Å². The van der Waals surface area contributed by atoms with Crippen LogP contribution in [-0.2, 0) is 30.6 Å². The summed E-state index contributed by atoms with van der Waals surface area (Å²) in [7, 11) is -4.04. The summed E-state index contributed by atoms with van der Waals surface area (Å²) in [5.41, 5.74) is 0.786. The second-order valence-electron chi connectivity index (χ2n) is 5.74. The number of rotatable bonds is 8. The molecule has 0 saturated carbocycles. The number of carbonyl (C=O) groups excluding carboxylic acids is 1. The van der Waals surface area contributed by atoms with Crippen LogP contribution in [0.5, 0.6) is 0 Å². The number of aliphatic carboxylic acids is 1. The summed E-state index contributed by atoms with van der Waals surface area (Å²) in [5.74, 6) is -3.60. The molecule has 0 aromatic heterocycles. The van der Waals surface area contributed by atoms with Crippen molar-refractivity contribution >= 4 is 21.8 Å². The van der Waals surface area contributed by atoms with Crippen molar-refractivity contribution in [2.45, 2.75) is 31.9 Å². The van der Waals surface area contributed by atoms with Crippen LogP contribution in [0, 0.1) is 5.92 Å². The number of ether oxygens (including phenoxy) is 1. The molecule has 23 heavy (non-hydrogen) atoms. The summed E-state index contributed by atoms with van der Waals surface area (Å²) in [6, 6.07) is 8.94. The Balaban J connectivity index is 3.06. The van der Waals surface area contributed by atoms with Gasteiger partial charge in [0.05, 0.1) is 18.3 Å². The molecule has 0 heterocycles. The first kappa shape index (κ1) is 19.2. The molecule has 0 aliphatic heterocycles. The molecule has 0 saturated heterocycles. The van der Waals surface area contributed by atoms with Crippen LogP contribution in [0.15, 0.2) is 30.3 Å². The largest absolute Gasteiger partial charge is 0.480 e. The monoisotopic (exact) mass is 342 g/mol. The van der Waals surface area contributed by atoms with Crippen LogP contribution in [0.4, 0.5) is 0 Å². The average molecular weight is 342 g/mol. The highest BCUT2D eigenvalue weighted by Crippen LogP contribution is 2.23. The first-order chi connectivity index (χ1) is 10.6. The van der Waals surface area contributed by atoms with E-state index in [9.17, 15) is 18.0 Å². The van der Waals surface area contributed by atoms with Gasteiger partial charge in [-0.2, -0.15) is 0 Å². The lowest BCUT2D eigenvalue weighted by Crippen LogP contribution is -2.44. The minimum atomic E-state index is -4.04. The predicted octanol–water partition coefficient (Wildman–Crippen LogP) is 1.69. The SMILES string of the molecule is CCOC(=O)C(Cc1ccccc1)CS(=O)(=O)C(C)(C)C(=O)O. The number of carbonyl (C=O) groups is 2. The molecular weight excluding hydrogens is 320 g/mol. The number of hydrogen-bond acceptors (Lipinski definition) is 5. The van der Waals surface area contributed by atoms with Gasteiger partial charge in [0.15, 0.2) is 14.6 Å². The molecule has 1 N–H and O–H groups in total. The lowest BCUT2D eigenvalue weighted by atomic mass is 10.0. The first-order valence-electron chi connectivity index (χ1n) is 7.28. The van der Waals surface area contributed by atoms with Crippen molar-refractivity contribution in [2.75, 3.05) is 12.4 Å². The fourth-order valence-corrected chi connectivity index (χ4v) is 3.44. The maximum atomic E-state index is 12.4. The van der Waals surface area contributed by atoms with E-state index in [4.69, 9.17) is 9.84 Å². The standard InChI is InChI=1S/C16H22O6S/c1-4-22-14(17)13(10-12-8-6-5-7-9-12)11-23(20,21)16(2,3)15(18)19/h5-9,13H,4,10-11H2,1-3H3,(H,18,19). The lowest BCUT2D eigenvalue weighted by Gasteiger charge is -2.23. The van der Waals surface area contributed by atoms with Crippen molar-refractivity contribution < 1.29 is 27.9 Å². The van der Waals surface area contributed by atoms with Gasteiger partial charge < -0.3 is 9.84 Å². The Morgan fingerprint density at radius 3 is 2.26 bits per heavy atom. The highest BCUT2D eigenvalue weighted by molar-refractivity contribution is 7.93. The highest BCUT2D eigenvalue weighted by atomic mass is 32.2. The van der Waals surface area contributed by atoms with Gasteiger partial charge >= 0.3 is 11.9 Å². The van der Waals surface area contributed by atoms with Crippen molar-refractivity contribution in [3.8, 4) is 0 Å². The van der Waals surface area contributed by atoms with E-state index in [2.05, 4.69) is 0 Å². The summed E-state index contributed by atoms with van der Waals surface area (Å²) in [5, 5.41) is 9.13. The molecule has 0 aliphatic carbocycles. The topological polar surface area (TPSA) is 97.7 Å². The number of carboxylic acid groups (broad SMARTS) is 1. The van der Waals surface area contributed by atoms with Crippen molar-refractivity contribution in [2.24, 2.45) is 5.92 Å². The van der Waals surface area contributed by atoms with Crippen LogP contribution in [0.25, 0.3) is 0 Å². The number of benzene rings is 1. The second-order valence-corrected chi connectivity index (χ2v) is 8.32. The normalized spacial score (nSPS) is 13.3. The number of sulfone groups is 1. The Labute approximate surface area is 136 Å². The molecule has 128 valence electrons. The van der Waals surface area contributed by atoms with Crippen LogP contribution < -0.4 is 0 Å². The molecule has 0 bridgehead atoms. The molecule has 1 atom stereocenters. The minimum Gasteiger partial charge on any atom is -0.480 e. The van der Waals surface area contributed by atoms with E-state index in [0.29, 0.717) is 0 Å². The third-order valence-electron chi connectivity index (χ3n) is 3.66. The van der Waals surface area contributed by atoms with E-state index in [1.54, 1.807) is 31.2 Å². The van der Waals surface area contributed by atoms with Gasteiger partial charge in [-0.15, -0.1) is 0 Å². The smallest absolute Gasteiger partial charge is 0.324 e. The van der Waals surface area contributed by atoms with E-state index >= 15 is 0 Å². The third-order valence-corrected chi connectivity index (χ3v) is 6.23. The van der Waals surface area contributed by atoms with Gasteiger partial charge in [-0.25, -0.2) is 8.42 Å². The molecule has 7 heteroatoms. The predicted molar refractivity (Wildman–Crippen MR) is 85.8 cm³/mol. The first-order valence-corrected chi connectivity index (χ1v) is 8.93. The second kappa shape index (κ2) is 7.59. The quantitative estimate of drug-likeness (QED) is 0.722. The van der Waals surface area contributed by atoms with Gasteiger partial charge in [-0.05, 0) is 32.8 Å². The van der Waals surface area contributed by atoms with Gasteiger partial charge in [0.25, 0.3) is 0 Å². The molecule has 0 radical (unpaired) electrons. The zero-order chi connectivity index (χ0) is 17.7. The Hall–Kier alpha value is -1.89. The zero-order valence-electron chi connectivity index (χ0n) is 13.5. The van der Waals surface area contributed by atoms with Crippen molar-refractivity contribution in [3.05, 3.63) is 35.9 Å². The van der Waals surface area contributed by atoms with E-state index < -0.39 is 38.2 Å². The summed E-state index contributed by atoms with van der Waals surface area (Å²) in [6.07, 6.45) is 0.175. The van der Waals surface area contributed by atoms with Crippen LogP contribution in [0.2, 0.25) is 0 Å². The summed E-state index contributed by atoms with van der Waals surface area (Å²) < 4.78 is 27.8. The molecule has 1 unspecified atom stereocenters. The molecule has 1 rings (SSSR count). The Morgan fingerprint density at radius 2 is 1.78 bits per heavy atom. The minimum absolute atomic E-state index is 0.131.